The second-order valence-electron chi connectivity index (χ2n) is 7.77. The Balaban J connectivity index is 1.82. The van der Waals surface area contributed by atoms with Gasteiger partial charge in [0, 0.05) is 23.6 Å². The van der Waals surface area contributed by atoms with Crippen LogP contribution >= 0.6 is 0 Å². The first-order valence-electron chi connectivity index (χ1n) is 9.78. The number of halogens is 6. The molecular formula is C22H18F6N6. The number of nitrogens with zero attached hydrogens (tertiary/aromatic N) is 4. The van der Waals surface area contributed by atoms with Gasteiger partial charge in [-0.05, 0) is 55.3 Å². The van der Waals surface area contributed by atoms with Crippen molar-refractivity contribution in [2.24, 2.45) is 0 Å². The number of aryl methyl sites for hydroxylation is 1. The van der Waals surface area contributed by atoms with E-state index < -0.39 is 30.0 Å². The van der Waals surface area contributed by atoms with E-state index in [1.165, 1.54) is 12.3 Å². The van der Waals surface area contributed by atoms with Crippen LogP contribution in [0.3, 0.4) is 0 Å². The molecule has 3 aromatic rings. The first kappa shape index (κ1) is 24.8. The molecule has 178 valence electrons. The van der Waals surface area contributed by atoms with Gasteiger partial charge in [0.05, 0.1) is 12.5 Å². The Kier molecular flexibility index (Phi) is 6.67. The molecule has 0 aliphatic rings. The van der Waals surface area contributed by atoms with Gasteiger partial charge in [0.15, 0.2) is 0 Å². The van der Waals surface area contributed by atoms with Crippen molar-refractivity contribution < 1.29 is 26.3 Å². The van der Waals surface area contributed by atoms with Crippen LogP contribution in [0, 0.1) is 18.3 Å². The largest absolute Gasteiger partial charge is 0.433 e. The third-order valence-corrected chi connectivity index (χ3v) is 4.58. The van der Waals surface area contributed by atoms with Crippen LogP contribution in [0.25, 0.3) is 11.1 Å². The molecule has 2 aromatic heterocycles. The number of alkyl halides is 6. The summed E-state index contributed by atoms with van der Waals surface area (Å²) < 4.78 is 76.9. The number of benzene rings is 1. The number of anilines is 3. The SMILES string of the molecule is Cc1cc(Nc2nccc(C(F)(F)F)n2)cc(-c2ccc(NC(C)(C#N)CC(F)(F)F)nc2)c1. The van der Waals surface area contributed by atoms with Crippen LogP contribution in [0.5, 0.6) is 0 Å². The Labute approximate surface area is 190 Å². The van der Waals surface area contributed by atoms with Gasteiger partial charge in [0.2, 0.25) is 5.95 Å². The van der Waals surface area contributed by atoms with Crippen molar-refractivity contribution in [3.05, 3.63) is 60.0 Å². The van der Waals surface area contributed by atoms with Gasteiger partial charge < -0.3 is 10.6 Å². The van der Waals surface area contributed by atoms with Crippen LogP contribution in [0.15, 0.2) is 48.8 Å². The summed E-state index contributed by atoms with van der Waals surface area (Å²) in [5.74, 6) is -0.148. The predicted octanol–water partition coefficient (Wildman–Crippen LogP) is 6.26. The minimum Gasteiger partial charge on any atom is -0.352 e. The molecule has 0 aliphatic heterocycles. The highest BCUT2D eigenvalue weighted by molar-refractivity contribution is 5.71. The molecule has 0 bridgehead atoms. The second-order valence-corrected chi connectivity index (χ2v) is 7.77. The number of nitrogens with one attached hydrogen (secondary N) is 2. The molecule has 0 spiro atoms. The molecule has 0 radical (unpaired) electrons. The quantitative estimate of drug-likeness (QED) is 0.405. The third kappa shape index (κ3) is 6.57. The molecule has 0 amide bonds. The Morgan fingerprint density at radius 3 is 2.29 bits per heavy atom. The molecule has 0 fully saturated rings. The highest BCUT2D eigenvalue weighted by Crippen LogP contribution is 2.31. The van der Waals surface area contributed by atoms with Crippen molar-refractivity contribution in [3.8, 4) is 17.2 Å². The normalized spacial score (nSPS) is 13.6. The van der Waals surface area contributed by atoms with Crippen LogP contribution in [0.1, 0.15) is 24.6 Å². The number of hydrogen-bond donors (Lipinski definition) is 2. The molecule has 3 rings (SSSR count). The summed E-state index contributed by atoms with van der Waals surface area (Å²) in [5.41, 5.74) is -0.531. The summed E-state index contributed by atoms with van der Waals surface area (Å²) in [7, 11) is 0. The number of hydrogen-bond acceptors (Lipinski definition) is 6. The Morgan fingerprint density at radius 2 is 1.71 bits per heavy atom. The molecule has 1 atom stereocenters. The van der Waals surface area contributed by atoms with E-state index in [9.17, 15) is 26.3 Å². The lowest BCUT2D eigenvalue weighted by molar-refractivity contribution is -0.141. The molecular weight excluding hydrogens is 462 g/mol. The zero-order valence-corrected chi connectivity index (χ0v) is 17.9. The first-order valence-corrected chi connectivity index (χ1v) is 9.78. The maximum Gasteiger partial charge on any atom is 0.433 e. The highest BCUT2D eigenvalue weighted by atomic mass is 19.4. The zero-order valence-electron chi connectivity index (χ0n) is 17.9. The van der Waals surface area contributed by atoms with Crippen LogP contribution in [0.2, 0.25) is 0 Å². The number of aromatic nitrogens is 3. The van der Waals surface area contributed by atoms with Crippen LogP contribution in [0.4, 0.5) is 43.8 Å². The van der Waals surface area contributed by atoms with Crippen LogP contribution < -0.4 is 10.6 Å². The number of rotatable bonds is 6. The fraction of sp³-hybridized carbons (Fsp3) is 0.273. The van der Waals surface area contributed by atoms with Gasteiger partial charge in [-0.15, -0.1) is 0 Å². The molecule has 34 heavy (non-hydrogen) atoms. The molecule has 6 nitrogen and oxygen atoms in total. The van der Waals surface area contributed by atoms with Gasteiger partial charge in [-0.1, -0.05) is 6.07 Å². The van der Waals surface area contributed by atoms with E-state index in [-0.39, 0.29) is 11.8 Å². The van der Waals surface area contributed by atoms with Crippen molar-refractivity contribution in [2.45, 2.75) is 38.2 Å². The van der Waals surface area contributed by atoms with E-state index in [0.717, 1.165) is 24.8 Å². The maximum atomic E-state index is 12.9. The molecule has 2 N–H and O–H groups in total. The van der Waals surface area contributed by atoms with E-state index in [2.05, 4.69) is 25.6 Å². The average molecular weight is 480 g/mol. The summed E-state index contributed by atoms with van der Waals surface area (Å²) in [6.45, 7) is 2.91. The first-order chi connectivity index (χ1) is 15.8. The van der Waals surface area contributed by atoms with Gasteiger partial charge >= 0.3 is 12.4 Å². The number of pyridine rings is 1. The molecule has 0 saturated carbocycles. The van der Waals surface area contributed by atoms with Crippen molar-refractivity contribution >= 4 is 17.5 Å². The highest BCUT2D eigenvalue weighted by Gasteiger charge is 2.40. The smallest absolute Gasteiger partial charge is 0.352 e. The predicted molar refractivity (Wildman–Crippen MR) is 113 cm³/mol. The topological polar surface area (TPSA) is 86.5 Å². The fourth-order valence-corrected chi connectivity index (χ4v) is 3.16. The van der Waals surface area contributed by atoms with Crippen molar-refractivity contribution in [3.63, 3.8) is 0 Å². The average Bonchev–Trinajstić information content (AvgIpc) is 2.72. The fourth-order valence-electron chi connectivity index (χ4n) is 3.16. The Hall–Kier alpha value is -3.88. The summed E-state index contributed by atoms with van der Waals surface area (Å²) in [6.07, 6.45) is -8.10. The summed E-state index contributed by atoms with van der Waals surface area (Å²) in [6, 6.07) is 10.5. The summed E-state index contributed by atoms with van der Waals surface area (Å²) in [5, 5.41) is 14.4. The summed E-state index contributed by atoms with van der Waals surface area (Å²) >= 11 is 0. The number of nitriles is 1. The molecule has 12 heteroatoms. The minimum absolute atomic E-state index is 0.0837. The van der Waals surface area contributed by atoms with E-state index in [0.29, 0.717) is 16.8 Å². The van der Waals surface area contributed by atoms with E-state index in [1.54, 1.807) is 37.3 Å². The second kappa shape index (κ2) is 9.17. The van der Waals surface area contributed by atoms with Crippen molar-refractivity contribution in [1.29, 1.82) is 5.26 Å². The van der Waals surface area contributed by atoms with Crippen LogP contribution in [-0.4, -0.2) is 26.7 Å². The van der Waals surface area contributed by atoms with Crippen molar-refractivity contribution in [1.82, 2.24) is 15.0 Å². The Bertz CT molecular complexity index is 1200. The molecule has 0 saturated heterocycles. The van der Waals surface area contributed by atoms with Gasteiger partial charge in [0.1, 0.15) is 17.1 Å². The lowest BCUT2D eigenvalue weighted by Gasteiger charge is -2.25. The molecule has 1 unspecified atom stereocenters. The lowest BCUT2D eigenvalue weighted by atomic mass is 9.99. The van der Waals surface area contributed by atoms with Gasteiger partial charge in [0.25, 0.3) is 0 Å². The lowest BCUT2D eigenvalue weighted by Crippen LogP contribution is -2.38. The summed E-state index contributed by atoms with van der Waals surface area (Å²) in [4.78, 5) is 11.4. The zero-order chi connectivity index (χ0) is 25.1. The Morgan fingerprint density at radius 1 is 0.971 bits per heavy atom. The molecule has 0 aliphatic carbocycles. The van der Waals surface area contributed by atoms with E-state index >= 15 is 0 Å². The molecule has 2 heterocycles. The van der Waals surface area contributed by atoms with Gasteiger partial charge in [-0.3, -0.25) is 0 Å². The van der Waals surface area contributed by atoms with Gasteiger partial charge in [-0.25, -0.2) is 15.0 Å². The van der Waals surface area contributed by atoms with Crippen LogP contribution in [-0.2, 0) is 6.18 Å². The maximum absolute atomic E-state index is 12.9. The standard InChI is InChI=1S/C22H18F6N6/c1-13-7-15(9-16(8-13)32-19-30-6-5-17(33-19)22(26,27)28)14-3-4-18(31-10-14)34-20(2,12-29)11-21(23,24)25/h3-10H,11H2,1-2H3,(H,31,34)(H,30,32,33). The minimum atomic E-state index is -4.61. The van der Waals surface area contributed by atoms with E-state index in [1.807, 2.05) is 0 Å². The third-order valence-electron chi connectivity index (χ3n) is 4.58. The molecule has 1 aromatic carbocycles. The van der Waals surface area contributed by atoms with Gasteiger partial charge in [-0.2, -0.15) is 31.6 Å². The van der Waals surface area contributed by atoms with E-state index in [4.69, 9.17) is 5.26 Å². The monoisotopic (exact) mass is 480 g/mol. The van der Waals surface area contributed by atoms with Crippen molar-refractivity contribution in [2.75, 3.05) is 10.6 Å².